The molecule has 2 rings (SSSR count). The van der Waals surface area contributed by atoms with Crippen LogP contribution < -0.4 is 5.32 Å². The van der Waals surface area contributed by atoms with Gasteiger partial charge in [-0.15, -0.1) is 0 Å². The van der Waals surface area contributed by atoms with E-state index >= 15 is 0 Å². The van der Waals surface area contributed by atoms with Crippen molar-refractivity contribution < 1.29 is 32.6 Å². The van der Waals surface area contributed by atoms with Crippen LogP contribution in [0.25, 0.3) is 0 Å². The molecular weight excluding hydrogens is 420 g/mol. The van der Waals surface area contributed by atoms with Crippen LogP contribution in [0.5, 0.6) is 0 Å². The molecule has 0 fully saturated rings. The Bertz CT molecular complexity index is 937. The van der Waals surface area contributed by atoms with E-state index in [1.165, 1.54) is 39.8 Å². The summed E-state index contributed by atoms with van der Waals surface area (Å²) in [6.45, 7) is 5.81. The molecule has 0 heterocycles. The SMILES string of the molecule is CC(=O)NC(Cc1ccc(C(F)(F)C(=O)OC(C)(C)C)cc1)C(=O)OCc1ccccc1. The Labute approximate surface area is 185 Å². The number of amides is 1. The highest BCUT2D eigenvalue weighted by atomic mass is 19.3. The predicted molar refractivity (Wildman–Crippen MR) is 114 cm³/mol. The first-order valence-corrected chi connectivity index (χ1v) is 10.1. The maximum atomic E-state index is 14.4. The normalized spacial score (nSPS) is 12.6. The van der Waals surface area contributed by atoms with E-state index in [9.17, 15) is 23.2 Å². The molecule has 1 unspecified atom stereocenters. The molecule has 0 radical (unpaired) electrons. The number of hydrogen-bond donors (Lipinski definition) is 1. The van der Waals surface area contributed by atoms with Crippen molar-refractivity contribution in [3.05, 3.63) is 71.3 Å². The van der Waals surface area contributed by atoms with Gasteiger partial charge in [-0.1, -0.05) is 54.6 Å². The predicted octanol–water partition coefficient (Wildman–Crippen LogP) is 3.91. The van der Waals surface area contributed by atoms with E-state index in [0.29, 0.717) is 5.56 Å². The van der Waals surface area contributed by atoms with Gasteiger partial charge in [-0.25, -0.2) is 9.59 Å². The van der Waals surface area contributed by atoms with Crippen molar-refractivity contribution in [1.82, 2.24) is 5.32 Å². The van der Waals surface area contributed by atoms with Crippen molar-refractivity contribution in [3.63, 3.8) is 0 Å². The van der Waals surface area contributed by atoms with Crippen molar-refractivity contribution in [3.8, 4) is 0 Å². The van der Waals surface area contributed by atoms with Crippen LogP contribution in [0.4, 0.5) is 8.78 Å². The highest BCUT2D eigenvalue weighted by molar-refractivity contribution is 5.83. The van der Waals surface area contributed by atoms with Crippen molar-refractivity contribution in [2.45, 2.75) is 58.3 Å². The summed E-state index contributed by atoms with van der Waals surface area (Å²) in [6.07, 6.45) is 0.0332. The van der Waals surface area contributed by atoms with Crippen molar-refractivity contribution in [2.24, 2.45) is 0 Å². The first kappa shape index (κ1) is 25.0. The molecule has 32 heavy (non-hydrogen) atoms. The summed E-state index contributed by atoms with van der Waals surface area (Å²) in [5.74, 6) is -6.54. The van der Waals surface area contributed by atoms with Gasteiger partial charge in [0.15, 0.2) is 0 Å². The van der Waals surface area contributed by atoms with Gasteiger partial charge in [-0.3, -0.25) is 4.79 Å². The zero-order valence-electron chi connectivity index (χ0n) is 18.5. The first-order chi connectivity index (χ1) is 14.9. The van der Waals surface area contributed by atoms with E-state index in [1.807, 2.05) is 18.2 Å². The Balaban J connectivity index is 2.09. The highest BCUT2D eigenvalue weighted by Gasteiger charge is 2.44. The molecule has 8 heteroatoms. The van der Waals surface area contributed by atoms with Gasteiger partial charge in [0.2, 0.25) is 5.91 Å². The maximum Gasteiger partial charge on any atom is 0.382 e. The van der Waals surface area contributed by atoms with Crippen molar-refractivity contribution in [1.29, 1.82) is 0 Å². The fraction of sp³-hybridized carbons (Fsp3) is 0.375. The van der Waals surface area contributed by atoms with Gasteiger partial charge >= 0.3 is 17.9 Å². The van der Waals surface area contributed by atoms with Gasteiger partial charge in [0, 0.05) is 18.9 Å². The second-order valence-electron chi connectivity index (χ2n) is 8.32. The molecule has 0 aromatic heterocycles. The zero-order chi connectivity index (χ0) is 23.9. The fourth-order valence-electron chi connectivity index (χ4n) is 2.81. The molecular formula is C24H27F2NO5. The molecule has 1 amide bonds. The lowest BCUT2D eigenvalue weighted by molar-refractivity contribution is -0.185. The molecule has 0 spiro atoms. The molecule has 0 bridgehead atoms. The Morgan fingerprint density at radius 2 is 1.53 bits per heavy atom. The first-order valence-electron chi connectivity index (χ1n) is 10.1. The van der Waals surface area contributed by atoms with E-state index < -0.39 is 41.0 Å². The Kier molecular flexibility index (Phi) is 8.08. The third kappa shape index (κ3) is 7.44. The number of benzene rings is 2. The number of esters is 2. The summed E-state index contributed by atoms with van der Waals surface area (Å²) in [5.41, 5.74) is -0.287. The lowest BCUT2D eigenvalue weighted by Gasteiger charge is -2.24. The van der Waals surface area contributed by atoms with Crippen LogP contribution in [0.3, 0.4) is 0 Å². The van der Waals surface area contributed by atoms with Crippen molar-refractivity contribution in [2.75, 3.05) is 0 Å². The average molecular weight is 447 g/mol. The number of hydrogen-bond acceptors (Lipinski definition) is 5. The molecule has 2 aromatic rings. The quantitative estimate of drug-likeness (QED) is 0.621. The van der Waals surface area contributed by atoms with Crippen LogP contribution in [0, 0.1) is 0 Å². The van der Waals surface area contributed by atoms with Crippen LogP contribution in [0.15, 0.2) is 54.6 Å². The van der Waals surface area contributed by atoms with E-state index in [2.05, 4.69) is 5.32 Å². The Hall–Kier alpha value is -3.29. The minimum atomic E-state index is -3.82. The molecule has 2 aromatic carbocycles. The summed E-state index contributed by atoms with van der Waals surface area (Å²) in [6, 6.07) is 13.0. The molecule has 0 saturated heterocycles. The zero-order valence-corrected chi connectivity index (χ0v) is 18.5. The topological polar surface area (TPSA) is 81.7 Å². The van der Waals surface area contributed by atoms with E-state index in [4.69, 9.17) is 9.47 Å². The van der Waals surface area contributed by atoms with Crippen LogP contribution in [-0.4, -0.2) is 29.5 Å². The van der Waals surface area contributed by atoms with Crippen LogP contribution in [-0.2, 0) is 42.8 Å². The molecule has 0 aliphatic rings. The molecule has 172 valence electrons. The second-order valence-corrected chi connectivity index (χ2v) is 8.32. The summed E-state index contributed by atoms with van der Waals surface area (Å²) in [5, 5.41) is 2.52. The third-order valence-electron chi connectivity index (χ3n) is 4.30. The number of halogens is 2. The fourth-order valence-corrected chi connectivity index (χ4v) is 2.81. The lowest BCUT2D eigenvalue weighted by atomic mass is 10.0. The van der Waals surface area contributed by atoms with Crippen LogP contribution in [0.2, 0.25) is 0 Å². The Morgan fingerprint density at radius 3 is 2.06 bits per heavy atom. The number of rotatable bonds is 8. The van der Waals surface area contributed by atoms with Crippen LogP contribution in [0.1, 0.15) is 44.4 Å². The number of nitrogens with one attached hydrogen (secondary N) is 1. The van der Waals surface area contributed by atoms with Gasteiger partial charge < -0.3 is 14.8 Å². The van der Waals surface area contributed by atoms with Gasteiger partial charge in [0.1, 0.15) is 18.2 Å². The minimum Gasteiger partial charge on any atom is -0.459 e. The van der Waals surface area contributed by atoms with Gasteiger partial charge in [0.05, 0.1) is 0 Å². The van der Waals surface area contributed by atoms with Gasteiger partial charge in [-0.2, -0.15) is 8.78 Å². The van der Waals surface area contributed by atoms with Crippen LogP contribution >= 0.6 is 0 Å². The lowest BCUT2D eigenvalue weighted by Crippen LogP contribution is -2.42. The smallest absolute Gasteiger partial charge is 0.382 e. The summed E-state index contributed by atoms with van der Waals surface area (Å²) in [7, 11) is 0. The monoisotopic (exact) mass is 447 g/mol. The summed E-state index contributed by atoms with van der Waals surface area (Å²) >= 11 is 0. The molecule has 0 aliphatic heterocycles. The maximum absolute atomic E-state index is 14.4. The molecule has 0 aliphatic carbocycles. The summed E-state index contributed by atoms with van der Waals surface area (Å²) < 4.78 is 38.9. The Morgan fingerprint density at radius 1 is 0.938 bits per heavy atom. The number of ether oxygens (including phenoxy) is 2. The molecule has 1 N–H and O–H groups in total. The van der Waals surface area contributed by atoms with E-state index in [1.54, 1.807) is 12.1 Å². The number of carbonyl (C=O) groups is 3. The molecule has 6 nitrogen and oxygen atoms in total. The van der Waals surface area contributed by atoms with E-state index in [0.717, 1.165) is 17.7 Å². The average Bonchev–Trinajstić information content (AvgIpc) is 2.71. The number of alkyl halides is 2. The second kappa shape index (κ2) is 10.3. The minimum absolute atomic E-state index is 0.0332. The standard InChI is InChI=1S/C24H27F2NO5/c1-16(28)27-20(21(29)31-15-18-8-6-5-7-9-18)14-17-10-12-19(13-11-17)24(25,26)22(30)32-23(2,3)4/h5-13,20H,14-15H2,1-4H3,(H,27,28). The largest absolute Gasteiger partial charge is 0.459 e. The van der Waals surface area contributed by atoms with Gasteiger partial charge in [-0.05, 0) is 31.9 Å². The van der Waals surface area contributed by atoms with Crippen molar-refractivity contribution >= 4 is 17.8 Å². The number of carbonyl (C=O) groups excluding carboxylic acids is 3. The summed E-state index contributed by atoms with van der Waals surface area (Å²) in [4.78, 5) is 35.9. The van der Waals surface area contributed by atoms with E-state index in [-0.39, 0.29) is 13.0 Å². The third-order valence-corrected chi connectivity index (χ3v) is 4.30. The highest BCUT2D eigenvalue weighted by Crippen LogP contribution is 2.31. The van der Waals surface area contributed by atoms with Gasteiger partial charge in [0.25, 0.3) is 0 Å². The molecule has 0 saturated carbocycles. The molecule has 1 atom stereocenters.